The fourth-order valence-corrected chi connectivity index (χ4v) is 4.17. The Morgan fingerprint density at radius 3 is 2.63 bits per heavy atom. The van der Waals surface area contributed by atoms with Crippen molar-refractivity contribution in [3.63, 3.8) is 0 Å². The van der Waals surface area contributed by atoms with Crippen LogP contribution in [0.1, 0.15) is 35.2 Å². The van der Waals surface area contributed by atoms with Crippen molar-refractivity contribution in [2.45, 2.75) is 32.9 Å². The Morgan fingerprint density at radius 1 is 1.13 bits per heavy atom. The molecular formula is C23H26FN5S. The van der Waals surface area contributed by atoms with Gasteiger partial charge in [-0.2, -0.15) is 16.9 Å². The van der Waals surface area contributed by atoms with Crippen LogP contribution in [-0.4, -0.2) is 31.8 Å². The van der Waals surface area contributed by atoms with Crippen LogP contribution in [-0.2, 0) is 6.54 Å². The lowest BCUT2D eigenvalue weighted by atomic mass is 10.1. The van der Waals surface area contributed by atoms with Gasteiger partial charge in [-0.15, -0.1) is 0 Å². The van der Waals surface area contributed by atoms with E-state index in [2.05, 4.69) is 34.6 Å². The van der Waals surface area contributed by atoms with Crippen molar-refractivity contribution in [2.75, 3.05) is 12.0 Å². The van der Waals surface area contributed by atoms with Crippen LogP contribution in [0, 0.1) is 19.7 Å². The number of halogens is 1. The summed E-state index contributed by atoms with van der Waals surface area (Å²) in [6.07, 6.45) is 3.10. The van der Waals surface area contributed by atoms with Crippen molar-refractivity contribution >= 4 is 22.8 Å². The zero-order chi connectivity index (χ0) is 21.1. The van der Waals surface area contributed by atoms with Crippen LogP contribution >= 0.6 is 11.8 Å². The summed E-state index contributed by atoms with van der Waals surface area (Å²) in [7, 11) is 0. The van der Waals surface area contributed by atoms with Gasteiger partial charge < -0.3 is 10.3 Å². The van der Waals surface area contributed by atoms with Gasteiger partial charge in [0.2, 0.25) is 0 Å². The van der Waals surface area contributed by atoms with E-state index in [1.54, 1.807) is 12.1 Å². The number of thioether (sulfide) groups is 1. The number of rotatable bonds is 8. The van der Waals surface area contributed by atoms with E-state index in [4.69, 9.17) is 4.98 Å². The Bertz CT molecular complexity index is 1100. The first-order valence-corrected chi connectivity index (χ1v) is 11.4. The summed E-state index contributed by atoms with van der Waals surface area (Å²) in [4.78, 5) is 8.27. The number of imidazole rings is 1. The lowest BCUT2D eigenvalue weighted by Crippen LogP contribution is -2.23. The summed E-state index contributed by atoms with van der Waals surface area (Å²) >= 11 is 1.83. The number of H-pyrrole nitrogens is 1. The summed E-state index contributed by atoms with van der Waals surface area (Å²) in [5.74, 6) is 1.76. The van der Waals surface area contributed by atoms with Crippen LogP contribution in [0.4, 0.5) is 4.39 Å². The van der Waals surface area contributed by atoms with Crippen LogP contribution in [0.2, 0.25) is 0 Å². The SMILES string of the molecule is CSCC[C@@H](NCc1c(C)nn(-c2ccc(F)cc2)c1C)c1nc2ccccc2[nH]1. The molecule has 1 atom stereocenters. The second-order valence-electron chi connectivity index (χ2n) is 7.39. The molecule has 0 amide bonds. The van der Waals surface area contributed by atoms with Crippen LogP contribution in [0.15, 0.2) is 48.5 Å². The van der Waals surface area contributed by atoms with Gasteiger partial charge in [-0.05, 0) is 68.7 Å². The molecule has 0 aliphatic carbocycles. The number of aryl methyl sites for hydroxylation is 1. The number of nitrogens with zero attached hydrogens (tertiary/aromatic N) is 3. The number of benzene rings is 2. The average Bonchev–Trinajstić information content (AvgIpc) is 3.30. The Hall–Kier alpha value is -2.64. The molecule has 0 aliphatic heterocycles. The highest BCUT2D eigenvalue weighted by Crippen LogP contribution is 2.23. The third kappa shape index (κ3) is 4.27. The van der Waals surface area contributed by atoms with Gasteiger partial charge in [0.15, 0.2) is 0 Å². The van der Waals surface area contributed by atoms with E-state index < -0.39 is 0 Å². The fourth-order valence-electron chi connectivity index (χ4n) is 3.70. The molecule has 2 aromatic heterocycles. The molecule has 0 aliphatic rings. The van der Waals surface area contributed by atoms with Gasteiger partial charge in [-0.25, -0.2) is 14.1 Å². The topological polar surface area (TPSA) is 58.5 Å². The molecule has 30 heavy (non-hydrogen) atoms. The minimum absolute atomic E-state index is 0.123. The van der Waals surface area contributed by atoms with Crippen molar-refractivity contribution in [1.29, 1.82) is 0 Å². The van der Waals surface area contributed by atoms with Crippen molar-refractivity contribution < 1.29 is 4.39 Å². The smallest absolute Gasteiger partial charge is 0.124 e. The first-order valence-electron chi connectivity index (χ1n) is 10.0. The highest BCUT2D eigenvalue weighted by atomic mass is 32.2. The van der Waals surface area contributed by atoms with Crippen molar-refractivity contribution in [3.05, 3.63) is 77.1 Å². The quantitative estimate of drug-likeness (QED) is 0.415. The third-order valence-electron chi connectivity index (χ3n) is 5.39. The Morgan fingerprint density at radius 2 is 1.90 bits per heavy atom. The van der Waals surface area contributed by atoms with Crippen LogP contribution in [0.25, 0.3) is 16.7 Å². The van der Waals surface area contributed by atoms with Gasteiger partial charge in [0.05, 0.1) is 28.5 Å². The molecule has 4 rings (SSSR count). The molecule has 5 nitrogen and oxygen atoms in total. The minimum atomic E-state index is -0.246. The number of aromatic amines is 1. The molecule has 0 bridgehead atoms. The van der Waals surface area contributed by atoms with E-state index in [0.717, 1.165) is 51.7 Å². The van der Waals surface area contributed by atoms with E-state index in [1.807, 2.05) is 41.6 Å². The molecule has 2 aromatic carbocycles. The van der Waals surface area contributed by atoms with Crippen LogP contribution < -0.4 is 5.32 Å². The van der Waals surface area contributed by atoms with Gasteiger partial charge in [-0.3, -0.25) is 0 Å². The normalized spacial score (nSPS) is 12.5. The highest BCUT2D eigenvalue weighted by molar-refractivity contribution is 7.98. The number of aromatic nitrogens is 4. The standard InChI is InChI=1S/C23H26FN5S/c1-15-19(16(2)29(28-15)18-10-8-17(24)9-11-18)14-25-22(12-13-30-3)23-26-20-6-4-5-7-21(20)27-23/h4-11,22,25H,12-14H2,1-3H3,(H,26,27)/t22-/m1/s1. The lowest BCUT2D eigenvalue weighted by molar-refractivity contribution is 0.500. The van der Waals surface area contributed by atoms with Crippen molar-refractivity contribution in [1.82, 2.24) is 25.1 Å². The van der Waals surface area contributed by atoms with Gasteiger partial charge in [0.1, 0.15) is 11.6 Å². The summed E-state index contributed by atoms with van der Waals surface area (Å²) < 4.78 is 15.2. The molecule has 7 heteroatoms. The largest absolute Gasteiger partial charge is 0.341 e. The van der Waals surface area contributed by atoms with Gasteiger partial charge >= 0.3 is 0 Å². The zero-order valence-electron chi connectivity index (χ0n) is 17.4. The molecule has 2 heterocycles. The fraction of sp³-hybridized carbons (Fsp3) is 0.304. The maximum atomic E-state index is 13.3. The highest BCUT2D eigenvalue weighted by Gasteiger charge is 2.18. The molecule has 156 valence electrons. The first-order chi connectivity index (χ1) is 14.6. The van der Waals surface area contributed by atoms with Crippen molar-refractivity contribution in [3.8, 4) is 5.69 Å². The van der Waals surface area contributed by atoms with Crippen LogP contribution in [0.3, 0.4) is 0 Å². The van der Waals surface area contributed by atoms with E-state index in [1.165, 1.54) is 12.1 Å². The number of fused-ring (bicyclic) bond motifs is 1. The molecule has 0 radical (unpaired) electrons. The second kappa shape index (κ2) is 9.02. The summed E-state index contributed by atoms with van der Waals surface area (Å²) in [5, 5.41) is 8.37. The number of nitrogens with one attached hydrogen (secondary N) is 2. The van der Waals surface area contributed by atoms with E-state index >= 15 is 0 Å². The molecular weight excluding hydrogens is 397 g/mol. The predicted octanol–water partition coefficient (Wildman–Crippen LogP) is 5.09. The Balaban J connectivity index is 1.57. The van der Waals surface area contributed by atoms with E-state index in [-0.39, 0.29) is 11.9 Å². The van der Waals surface area contributed by atoms with Gasteiger partial charge in [-0.1, -0.05) is 12.1 Å². The Labute approximate surface area is 180 Å². The molecule has 0 spiro atoms. The Kier molecular flexibility index (Phi) is 6.20. The summed E-state index contributed by atoms with van der Waals surface area (Å²) in [6, 6.07) is 14.7. The monoisotopic (exact) mass is 423 g/mol. The number of para-hydroxylation sites is 2. The predicted molar refractivity (Wildman–Crippen MR) is 122 cm³/mol. The number of hydrogen-bond donors (Lipinski definition) is 2. The first kappa shape index (κ1) is 20.6. The zero-order valence-corrected chi connectivity index (χ0v) is 18.3. The molecule has 0 saturated heterocycles. The maximum Gasteiger partial charge on any atom is 0.124 e. The summed E-state index contributed by atoms with van der Waals surface area (Å²) in [6.45, 7) is 4.76. The molecule has 0 unspecified atom stereocenters. The van der Waals surface area contributed by atoms with Gasteiger partial charge in [0.25, 0.3) is 0 Å². The van der Waals surface area contributed by atoms with E-state index in [0.29, 0.717) is 6.54 Å². The third-order valence-corrected chi connectivity index (χ3v) is 6.03. The molecule has 4 aromatic rings. The molecule has 0 fully saturated rings. The maximum absolute atomic E-state index is 13.3. The minimum Gasteiger partial charge on any atom is -0.341 e. The second-order valence-corrected chi connectivity index (χ2v) is 8.38. The molecule has 0 saturated carbocycles. The number of hydrogen-bond acceptors (Lipinski definition) is 4. The van der Waals surface area contributed by atoms with E-state index in [9.17, 15) is 4.39 Å². The lowest BCUT2D eigenvalue weighted by Gasteiger charge is -2.16. The van der Waals surface area contributed by atoms with Crippen LogP contribution in [0.5, 0.6) is 0 Å². The molecule has 2 N–H and O–H groups in total. The van der Waals surface area contributed by atoms with Gasteiger partial charge in [0, 0.05) is 17.8 Å². The van der Waals surface area contributed by atoms with Crippen molar-refractivity contribution in [2.24, 2.45) is 0 Å². The average molecular weight is 424 g/mol. The summed E-state index contributed by atoms with van der Waals surface area (Å²) in [5.41, 5.74) is 6.08.